The maximum atomic E-state index is 13.6. The molecule has 0 saturated carbocycles. The Morgan fingerprint density at radius 3 is 2.42 bits per heavy atom. The number of carbonyl (C=O) groups is 1. The molecule has 170 valence electrons. The third kappa shape index (κ3) is 4.33. The summed E-state index contributed by atoms with van der Waals surface area (Å²) in [4.78, 5) is 31.4. The summed E-state index contributed by atoms with van der Waals surface area (Å²) in [7, 11) is 1.32. The van der Waals surface area contributed by atoms with Crippen molar-refractivity contribution in [2.45, 2.75) is 39.2 Å². The number of halogens is 1. The highest BCUT2D eigenvalue weighted by molar-refractivity contribution is 7.07. The van der Waals surface area contributed by atoms with Crippen molar-refractivity contribution in [2.75, 3.05) is 7.11 Å². The molecular formula is C26H25ClN2O3S. The number of fused-ring (bicyclic) bond motifs is 1. The van der Waals surface area contributed by atoms with Crippen molar-refractivity contribution >= 4 is 35.0 Å². The van der Waals surface area contributed by atoms with Gasteiger partial charge in [0.05, 0.1) is 22.9 Å². The van der Waals surface area contributed by atoms with Crippen molar-refractivity contribution in [2.24, 2.45) is 4.99 Å². The van der Waals surface area contributed by atoms with Crippen LogP contribution in [0.4, 0.5) is 0 Å². The van der Waals surface area contributed by atoms with Gasteiger partial charge in [-0.25, -0.2) is 9.79 Å². The van der Waals surface area contributed by atoms with E-state index < -0.39 is 12.0 Å². The third-order valence-electron chi connectivity index (χ3n) is 5.70. The average molecular weight is 481 g/mol. The Morgan fingerprint density at radius 1 is 1.15 bits per heavy atom. The van der Waals surface area contributed by atoms with Gasteiger partial charge >= 0.3 is 5.97 Å². The van der Waals surface area contributed by atoms with Gasteiger partial charge in [0, 0.05) is 5.02 Å². The molecule has 7 heteroatoms. The minimum absolute atomic E-state index is 0.0502. The van der Waals surface area contributed by atoms with Gasteiger partial charge in [0.15, 0.2) is 4.80 Å². The molecule has 0 unspecified atom stereocenters. The van der Waals surface area contributed by atoms with E-state index in [1.807, 2.05) is 36.4 Å². The molecule has 0 radical (unpaired) electrons. The number of aromatic nitrogens is 1. The number of esters is 1. The average Bonchev–Trinajstić information content (AvgIpc) is 3.07. The molecule has 2 heterocycles. The summed E-state index contributed by atoms with van der Waals surface area (Å²) in [5.74, 6) is -0.534. The second kappa shape index (κ2) is 8.76. The zero-order valence-electron chi connectivity index (χ0n) is 19.2. The Morgan fingerprint density at radius 2 is 1.82 bits per heavy atom. The summed E-state index contributed by atoms with van der Waals surface area (Å²) in [6, 6.07) is 14.7. The van der Waals surface area contributed by atoms with Gasteiger partial charge < -0.3 is 4.74 Å². The molecule has 0 spiro atoms. The van der Waals surface area contributed by atoms with E-state index in [4.69, 9.17) is 16.3 Å². The van der Waals surface area contributed by atoms with Gasteiger partial charge in [0.25, 0.3) is 5.56 Å². The number of hydrogen-bond donors (Lipinski definition) is 0. The van der Waals surface area contributed by atoms with Crippen LogP contribution in [-0.2, 0) is 14.9 Å². The van der Waals surface area contributed by atoms with Crippen LogP contribution >= 0.6 is 22.9 Å². The molecule has 3 aromatic rings. The predicted molar refractivity (Wildman–Crippen MR) is 132 cm³/mol. The Labute approximate surface area is 201 Å². The van der Waals surface area contributed by atoms with Gasteiger partial charge in [-0.1, -0.05) is 86.2 Å². The minimum Gasteiger partial charge on any atom is -0.466 e. The molecule has 33 heavy (non-hydrogen) atoms. The highest BCUT2D eigenvalue weighted by Crippen LogP contribution is 2.34. The number of hydrogen-bond acceptors (Lipinski definition) is 5. The molecule has 4 rings (SSSR count). The van der Waals surface area contributed by atoms with Crippen molar-refractivity contribution in [1.29, 1.82) is 0 Å². The summed E-state index contributed by atoms with van der Waals surface area (Å²) in [5, 5.41) is 0.464. The molecule has 2 aromatic carbocycles. The minimum atomic E-state index is -0.715. The fourth-order valence-electron chi connectivity index (χ4n) is 3.91. The van der Waals surface area contributed by atoms with E-state index in [2.05, 4.69) is 37.9 Å². The predicted octanol–water partition coefficient (Wildman–Crippen LogP) is 4.36. The SMILES string of the molecule is COC(=O)C1=C(C)N=c2s/c(=C/c3ccc(C(C)(C)C)cc3)c(=O)n2[C@H]1c1ccccc1Cl. The summed E-state index contributed by atoms with van der Waals surface area (Å²) in [6.07, 6.45) is 1.86. The van der Waals surface area contributed by atoms with Crippen LogP contribution in [0.25, 0.3) is 6.08 Å². The van der Waals surface area contributed by atoms with Crippen molar-refractivity contribution in [3.63, 3.8) is 0 Å². The smallest absolute Gasteiger partial charge is 0.338 e. The molecule has 1 aromatic heterocycles. The monoisotopic (exact) mass is 480 g/mol. The number of thiazole rings is 1. The van der Waals surface area contributed by atoms with E-state index in [1.54, 1.807) is 17.6 Å². The van der Waals surface area contributed by atoms with Crippen molar-refractivity contribution in [3.05, 3.63) is 101 Å². The lowest BCUT2D eigenvalue weighted by atomic mass is 9.87. The summed E-state index contributed by atoms with van der Waals surface area (Å²) < 4.78 is 7.11. The molecule has 5 nitrogen and oxygen atoms in total. The topological polar surface area (TPSA) is 60.7 Å². The number of carbonyl (C=O) groups excluding carboxylic acids is 1. The van der Waals surface area contributed by atoms with E-state index >= 15 is 0 Å². The Hall–Kier alpha value is -2.96. The van der Waals surface area contributed by atoms with Crippen LogP contribution in [0, 0.1) is 0 Å². The van der Waals surface area contributed by atoms with Crippen LogP contribution in [0.15, 0.2) is 69.6 Å². The molecule has 0 aliphatic carbocycles. The number of nitrogens with zero attached hydrogens (tertiary/aromatic N) is 2. The van der Waals surface area contributed by atoms with Gasteiger partial charge in [-0.3, -0.25) is 9.36 Å². The molecule has 1 atom stereocenters. The number of rotatable bonds is 3. The van der Waals surface area contributed by atoms with Crippen LogP contribution in [0.5, 0.6) is 0 Å². The van der Waals surface area contributed by atoms with Gasteiger partial charge in [0.2, 0.25) is 0 Å². The summed E-state index contributed by atoms with van der Waals surface area (Å²) in [5.41, 5.74) is 3.43. The molecule has 0 saturated heterocycles. The lowest BCUT2D eigenvalue weighted by Crippen LogP contribution is -2.39. The number of benzene rings is 2. The van der Waals surface area contributed by atoms with E-state index in [1.165, 1.54) is 24.0 Å². The first-order valence-corrected chi connectivity index (χ1v) is 11.8. The fraction of sp³-hybridized carbons (Fsp3) is 0.269. The molecule has 0 amide bonds. The number of methoxy groups -OCH3 is 1. The summed E-state index contributed by atoms with van der Waals surface area (Å²) >= 11 is 7.80. The van der Waals surface area contributed by atoms with Gasteiger partial charge in [0.1, 0.15) is 6.04 Å². The molecule has 1 aliphatic heterocycles. The molecule has 1 aliphatic rings. The second-order valence-electron chi connectivity index (χ2n) is 8.97. The molecular weight excluding hydrogens is 456 g/mol. The van der Waals surface area contributed by atoms with Gasteiger partial charge in [-0.05, 0) is 41.2 Å². The standard InChI is InChI=1S/C26H25ClN2O3S/c1-15-21(24(31)32-5)22(18-8-6-7-9-19(18)27)29-23(30)20(33-25(29)28-15)14-16-10-12-17(13-11-16)26(2,3)4/h6-14,22H,1-5H3/b20-14+/t22-/m0/s1. The van der Waals surface area contributed by atoms with Crippen LogP contribution in [-0.4, -0.2) is 17.6 Å². The molecule has 0 fully saturated rings. The first-order valence-electron chi connectivity index (χ1n) is 10.6. The first kappa shape index (κ1) is 23.2. The third-order valence-corrected chi connectivity index (χ3v) is 7.03. The zero-order chi connectivity index (χ0) is 23.9. The highest BCUT2D eigenvalue weighted by Gasteiger charge is 2.34. The summed E-state index contributed by atoms with van der Waals surface area (Å²) in [6.45, 7) is 8.24. The zero-order valence-corrected chi connectivity index (χ0v) is 20.8. The van der Waals surface area contributed by atoms with E-state index in [0.717, 1.165) is 5.56 Å². The number of ether oxygens (including phenoxy) is 1. The second-order valence-corrected chi connectivity index (χ2v) is 10.4. The lowest BCUT2D eigenvalue weighted by Gasteiger charge is -2.25. The van der Waals surface area contributed by atoms with Crippen LogP contribution in [0.2, 0.25) is 5.02 Å². The van der Waals surface area contributed by atoms with E-state index in [9.17, 15) is 9.59 Å². The van der Waals surface area contributed by atoms with Gasteiger partial charge in [-0.2, -0.15) is 0 Å². The van der Waals surface area contributed by atoms with E-state index in [0.29, 0.717) is 31.2 Å². The molecule has 0 bridgehead atoms. The molecule has 0 N–H and O–H groups in total. The highest BCUT2D eigenvalue weighted by atomic mass is 35.5. The van der Waals surface area contributed by atoms with Gasteiger partial charge in [-0.15, -0.1) is 0 Å². The lowest BCUT2D eigenvalue weighted by molar-refractivity contribution is -0.136. The van der Waals surface area contributed by atoms with Crippen LogP contribution < -0.4 is 14.9 Å². The quantitative estimate of drug-likeness (QED) is 0.523. The van der Waals surface area contributed by atoms with Crippen LogP contribution in [0.3, 0.4) is 0 Å². The van der Waals surface area contributed by atoms with E-state index in [-0.39, 0.29) is 11.0 Å². The normalized spacial score (nSPS) is 16.4. The van der Waals surface area contributed by atoms with Crippen molar-refractivity contribution < 1.29 is 9.53 Å². The Bertz CT molecular complexity index is 1440. The van der Waals surface area contributed by atoms with Crippen LogP contribution in [0.1, 0.15) is 50.4 Å². The Balaban J connectivity index is 1.92. The maximum Gasteiger partial charge on any atom is 0.338 e. The number of allylic oxidation sites excluding steroid dienone is 1. The van der Waals surface area contributed by atoms with Crippen molar-refractivity contribution in [1.82, 2.24) is 4.57 Å². The maximum absolute atomic E-state index is 13.6. The Kier molecular flexibility index (Phi) is 6.16. The largest absolute Gasteiger partial charge is 0.466 e. The van der Waals surface area contributed by atoms with Crippen molar-refractivity contribution in [3.8, 4) is 0 Å². The fourth-order valence-corrected chi connectivity index (χ4v) is 5.20. The first-order chi connectivity index (χ1) is 15.6.